The van der Waals surface area contributed by atoms with Crippen LogP contribution in [0.15, 0.2) is 58.3 Å². The van der Waals surface area contributed by atoms with Gasteiger partial charge in [-0.25, -0.2) is 16.8 Å². The number of hydrogen-bond donors (Lipinski definition) is 1. The molecule has 2 fully saturated rings. The predicted molar refractivity (Wildman–Crippen MR) is 131 cm³/mol. The molecule has 0 aromatic heterocycles. The Morgan fingerprint density at radius 2 is 1.17 bits per heavy atom. The topological polar surface area (TPSA) is 113 Å². The van der Waals surface area contributed by atoms with Crippen molar-refractivity contribution in [2.75, 3.05) is 39.3 Å². The highest BCUT2D eigenvalue weighted by Crippen LogP contribution is 2.23. The minimum absolute atomic E-state index is 0.185. The maximum absolute atomic E-state index is 12.7. The molecule has 2 aliphatic rings. The number of ether oxygens (including phenoxy) is 1. The maximum Gasteiger partial charge on any atom is 0.251 e. The zero-order valence-electron chi connectivity index (χ0n) is 19.6. The number of nitrogens with one attached hydrogen (secondary N) is 1. The van der Waals surface area contributed by atoms with Gasteiger partial charge in [-0.3, -0.25) is 4.79 Å². The lowest BCUT2D eigenvalue weighted by Gasteiger charge is -2.25. The van der Waals surface area contributed by atoms with Crippen molar-refractivity contribution in [2.24, 2.45) is 0 Å². The zero-order chi connectivity index (χ0) is 24.9. The lowest BCUT2D eigenvalue weighted by molar-refractivity contribution is 0.0947. The number of piperidine rings is 1. The Hall–Kier alpha value is -2.47. The van der Waals surface area contributed by atoms with Crippen LogP contribution in [0.2, 0.25) is 0 Å². The smallest absolute Gasteiger partial charge is 0.251 e. The van der Waals surface area contributed by atoms with E-state index >= 15 is 0 Å². The summed E-state index contributed by atoms with van der Waals surface area (Å²) < 4.78 is 59.2. The first kappa shape index (κ1) is 25.6. The van der Waals surface area contributed by atoms with Crippen LogP contribution in [-0.2, 0) is 20.0 Å². The van der Waals surface area contributed by atoms with Gasteiger partial charge in [-0.2, -0.15) is 8.61 Å². The van der Waals surface area contributed by atoms with Crippen molar-refractivity contribution in [3.8, 4) is 5.75 Å². The summed E-state index contributed by atoms with van der Waals surface area (Å²) in [7, 11) is -6.99. The van der Waals surface area contributed by atoms with E-state index in [9.17, 15) is 21.6 Å². The lowest BCUT2D eigenvalue weighted by Crippen LogP contribution is -2.35. The molecule has 1 N–H and O–H groups in total. The van der Waals surface area contributed by atoms with E-state index < -0.39 is 20.0 Å². The van der Waals surface area contributed by atoms with Crippen LogP contribution in [0.4, 0.5) is 0 Å². The maximum atomic E-state index is 12.7. The molecule has 0 radical (unpaired) electrons. The molecule has 0 unspecified atom stereocenters. The third kappa shape index (κ3) is 6.03. The van der Waals surface area contributed by atoms with Crippen LogP contribution in [0.25, 0.3) is 0 Å². The molecule has 1 amide bonds. The Labute approximate surface area is 207 Å². The van der Waals surface area contributed by atoms with Crippen molar-refractivity contribution in [2.45, 2.75) is 41.9 Å². The molecule has 35 heavy (non-hydrogen) atoms. The quantitative estimate of drug-likeness (QED) is 0.507. The van der Waals surface area contributed by atoms with Gasteiger partial charge in [0.15, 0.2) is 0 Å². The molecule has 0 atom stereocenters. The van der Waals surface area contributed by atoms with Gasteiger partial charge in [0.25, 0.3) is 5.91 Å². The molecule has 190 valence electrons. The van der Waals surface area contributed by atoms with Gasteiger partial charge in [0.2, 0.25) is 20.0 Å². The van der Waals surface area contributed by atoms with E-state index in [1.807, 2.05) is 0 Å². The van der Waals surface area contributed by atoms with Crippen LogP contribution in [0.3, 0.4) is 0 Å². The number of hydrogen-bond acceptors (Lipinski definition) is 6. The van der Waals surface area contributed by atoms with Gasteiger partial charge in [0.05, 0.1) is 16.3 Å². The van der Waals surface area contributed by atoms with Crippen molar-refractivity contribution in [1.82, 2.24) is 13.9 Å². The Kier molecular flexibility index (Phi) is 8.10. The standard InChI is InChI=1S/C24H31N3O6S2/c28-24(20-6-10-22(11-7-20)34(29,30)27-17-4-5-18-27)25-14-19-33-21-8-12-23(13-9-21)35(31,32)26-15-2-1-3-16-26/h6-13H,1-5,14-19H2,(H,25,28). The molecular weight excluding hydrogens is 490 g/mol. The van der Waals surface area contributed by atoms with Crippen molar-refractivity contribution in [3.05, 3.63) is 54.1 Å². The van der Waals surface area contributed by atoms with Crippen molar-refractivity contribution >= 4 is 26.0 Å². The average molecular weight is 522 g/mol. The van der Waals surface area contributed by atoms with Crippen LogP contribution in [-0.4, -0.2) is 70.7 Å². The van der Waals surface area contributed by atoms with Crippen LogP contribution in [0.1, 0.15) is 42.5 Å². The molecule has 0 bridgehead atoms. The second-order valence-corrected chi connectivity index (χ2v) is 12.6. The second-order valence-electron chi connectivity index (χ2n) is 8.68. The number of sulfonamides is 2. The van der Waals surface area contributed by atoms with E-state index in [2.05, 4.69) is 5.32 Å². The molecular formula is C24H31N3O6S2. The molecule has 0 saturated carbocycles. The molecule has 2 saturated heterocycles. The van der Waals surface area contributed by atoms with E-state index in [0.717, 1.165) is 32.1 Å². The fraction of sp³-hybridized carbons (Fsp3) is 0.458. The summed E-state index contributed by atoms with van der Waals surface area (Å²) in [5, 5.41) is 2.73. The largest absolute Gasteiger partial charge is 0.492 e. The van der Waals surface area contributed by atoms with Gasteiger partial charge in [-0.15, -0.1) is 0 Å². The highest BCUT2D eigenvalue weighted by atomic mass is 32.2. The third-order valence-electron chi connectivity index (χ3n) is 6.25. The predicted octanol–water partition coefficient (Wildman–Crippen LogP) is 2.45. The summed E-state index contributed by atoms with van der Waals surface area (Å²) in [6, 6.07) is 12.2. The van der Waals surface area contributed by atoms with Gasteiger partial charge in [-0.05, 0) is 74.2 Å². The molecule has 11 heteroatoms. The second kappa shape index (κ2) is 11.1. The van der Waals surface area contributed by atoms with Crippen LogP contribution in [0.5, 0.6) is 5.75 Å². The molecule has 2 heterocycles. The van der Waals surface area contributed by atoms with E-state index in [1.165, 1.54) is 45.0 Å². The minimum atomic E-state index is -3.51. The molecule has 0 aliphatic carbocycles. The van der Waals surface area contributed by atoms with Crippen molar-refractivity contribution in [3.63, 3.8) is 0 Å². The van der Waals surface area contributed by atoms with E-state index in [1.54, 1.807) is 12.1 Å². The molecule has 9 nitrogen and oxygen atoms in total. The molecule has 2 aliphatic heterocycles. The molecule has 0 spiro atoms. The SMILES string of the molecule is O=C(NCCOc1ccc(S(=O)(=O)N2CCCCC2)cc1)c1ccc(S(=O)(=O)N2CCCC2)cc1. The highest BCUT2D eigenvalue weighted by molar-refractivity contribution is 7.89. The summed E-state index contributed by atoms with van der Waals surface area (Å²) in [5.41, 5.74) is 0.359. The van der Waals surface area contributed by atoms with Crippen molar-refractivity contribution in [1.29, 1.82) is 0 Å². The minimum Gasteiger partial charge on any atom is -0.492 e. The first-order valence-electron chi connectivity index (χ1n) is 11.9. The Bertz CT molecular complexity index is 1220. The number of amides is 1. The van der Waals surface area contributed by atoms with Crippen LogP contribution in [0, 0.1) is 0 Å². The number of carbonyl (C=O) groups excluding carboxylic acids is 1. The van der Waals surface area contributed by atoms with Crippen molar-refractivity contribution < 1.29 is 26.4 Å². The first-order valence-corrected chi connectivity index (χ1v) is 14.8. The third-order valence-corrected chi connectivity index (χ3v) is 10.1. The number of carbonyl (C=O) groups is 1. The summed E-state index contributed by atoms with van der Waals surface area (Å²) in [6.07, 6.45) is 4.55. The molecule has 2 aromatic carbocycles. The van der Waals surface area contributed by atoms with Gasteiger partial charge >= 0.3 is 0 Å². The Morgan fingerprint density at radius 3 is 1.69 bits per heavy atom. The zero-order valence-corrected chi connectivity index (χ0v) is 21.2. The Balaban J connectivity index is 1.25. The van der Waals surface area contributed by atoms with Gasteiger partial charge in [0, 0.05) is 31.7 Å². The Morgan fingerprint density at radius 1 is 0.714 bits per heavy atom. The van der Waals surface area contributed by atoms with E-state index in [-0.39, 0.29) is 28.8 Å². The summed E-state index contributed by atoms with van der Waals surface area (Å²) in [5.74, 6) is 0.176. The first-order chi connectivity index (χ1) is 16.8. The van der Waals surface area contributed by atoms with Crippen LogP contribution >= 0.6 is 0 Å². The van der Waals surface area contributed by atoms with Crippen LogP contribution < -0.4 is 10.1 Å². The monoisotopic (exact) mass is 521 g/mol. The summed E-state index contributed by atoms with van der Waals surface area (Å²) >= 11 is 0. The average Bonchev–Trinajstić information content (AvgIpc) is 3.44. The van der Waals surface area contributed by atoms with E-state index in [4.69, 9.17) is 4.74 Å². The van der Waals surface area contributed by atoms with Gasteiger partial charge in [-0.1, -0.05) is 6.42 Å². The lowest BCUT2D eigenvalue weighted by atomic mass is 10.2. The number of nitrogens with zero attached hydrogens (tertiary/aromatic N) is 2. The van der Waals surface area contributed by atoms with Gasteiger partial charge in [0.1, 0.15) is 12.4 Å². The number of benzene rings is 2. The molecule has 2 aromatic rings. The fourth-order valence-electron chi connectivity index (χ4n) is 4.25. The van der Waals surface area contributed by atoms with E-state index in [0.29, 0.717) is 37.5 Å². The van der Waals surface area contributed by atoms with Gasteiger partial charge < -0.3 is 10.1 Å². The summed E-state index contributed by atoms with van der Waals surface area (Å²) in [4.78, 5) is 12.8. The number of rotatable bonds is 9. The molecule has 4 rings (SSSR count). The highest BCUT2D eigenvalue weighted by Gasteiger charge is 2.27. The fourth-order valence-corrected chi connectivity index (χ4v) is 7.29. The summed E-state index contributed by atoms with van der Waals surface area (Å²) in [6.45, 7) is 2.60. The normalized spacial score (nSPS) is 17.8.